The van der Waals surface area contributed by atoms with Crippen molar-refractivity contribution in [2.45, 2.75) is 83.2 Å². The minimum atomic E-state index is -1.34. The lowest BCUT2D eigenvalue weighted by atomic mass is 9.71. The molecule has 3 atom stereocenters. The largest absolute Gasteiger partial charge is 0.457 e. The Balaban J connectivity index is 1.45. The molecule has 2 aliphatic rings. The maximum Gasteiger partial charge on any atom is 0.167 e. The zero-order valence-electron chi connectivity index (χ0n) is 18.8. The molecule has 1 aliphatic carbocycles. The van der Waals surface area contributed by atoms with Crippen LogP contribution in [0.1, 0.15) is 88.2 Å². The second-order valence-electron chi connectivity index (χ2n) is 9.09. The normalized spacial score (nSPS) is 21.7. The van der Waals surface area contributed by atoms with Gasteiger partial charge in [0.2, 0.25) is 0 Å². The summed E-state index contributed by atoms with van der Waals surface area (Å²) in [6.07, 6.45) is 13.0. The van der Waals surface area contributed by atoms with Crippen LogP contribution < -0.4 is 4.74 Å². The van der Waals surface area contributed by atoms with Crippen LogP contribution in [0, 0.1) is 5.92 Å². The summed E-state index contributed by atoms with van der Waals surface area (Å²) in [6.45, 7) is 2.25. The van der Waals surface area contributed by atoms with Crippen molar-refractivity contribution in [3.8, 4) is 11.5 Å². The van der Waals surface area contributed by atoms with Gasteiger partial charge in [0, 0.05) is 23.2 Å². The Hall–Kier alpha value is -1.41. The number of rotatable bonds is 10. The molecular weight excluding hydrogens is 403 g/mol. The Morgan fingerprint density at radius 3 is 2.19 bits per heavy atom. The van der Waals surface area contributed by atoms with E-state index in [1.54, 1.807) is 0 Å². The zero-order valence-corrected chi connectivity index (χ0v) is 19.7. The van der Waals surface area contributed by atoms with E-state index >= 15 is 0 Å². The van der Waals surface area contributed by atoms with Gasteiger partial charge < -0.3 is 14.2 Å². The van der Waals surface area contributed by atoms with E-state index in [2.05, 4.69) is 43.3 Å². The molecule has 0 spiro atoms. The SMILES string of the molecule is CCCCCCCCP(O)OC1CCCCC1C1c2ccccc2Oc2ccccc21. The molecule has 0 amide bonds. The number of ether oxygens (including phenoxy) is 1. The molecule has 1 N–H and O–H groups in total. The summed E-state index contributed by atoms with van der Waals surface area (Å²) < 4.78 is 12.6. The van der Waals surface area contributed by atoms with Crippen LogP contribution in [0.25, 0.3) is 0 Å². The van der Waals surface area contributed by atoms with E-state index in [-0.39, 0.29) is 12.0 Å². The van der Waals surface area contributed by atoms with Crippen LogP contribution in [0.5, 0.6) is 11.5 Å². The van der Waals surface area contributed by atoms with Gasteiger partial charge in [0.05, 0.1) is 6.10 Å². The first kappa shape index (κ1) is 22.8. The number of hydrogen-bond donors (Lipinski definition) is 1. The molecular formula is C27H37O3P. The number of para-hydroxylation sites is 2. The minimum Gasteiger partial charge on any atom is -0.457 e. The van der Waals surface area contributed by atoms with Crippen molar-refractivity contribution in [3.05, 3.63) is 59.7 Å². The van der Waals surface area contributed by atoms with E-state index in [4.69, 9.17) is 9.26 Å². The zero-order chi connectivity index (χ0) is 21.5. The van der Waals surface area contributed by atoms with E-state index in [0.717, 1.165) is 36.9 Å². The lowest BCUT2D eigenvalue weighted by Gasteiger charge is -2.40. The minimum absolute atomic E-state index is 0.120. The molecule has 168 valence electrons. The van der Waals surface area contributed by atoms with Gasteiger partial charge in [-0.15, -0.1) is 0 Å². The topological polar surface area (TPSA) is 38.7 Å². The Labute approximate surface area is 189 Å². The highest BCUT2D eigenvalue weighted by molar-refractivity contribution is 7.46. The van der Waals surface area contributed by atoms with Gasteiger partial charge in [0.15, 0.2) is 8.38 Å². The number of unbranched alkanes of at least 4 members (excludes halogenated alkanes) is 5. The van der Waals surface area contributed by atoms with Crippen LogP contribution in [0.15, 0.2) is 48.5 Å². The molecule has 2 aromatic carbocycles. The van der Waals surface area contributed by atoms with Gasteiger partial charge >= 0.3 is 0 Å². The molecule has 1 heterocycles. The molecule has 0 saturated heterocycles. The van der Waals surface area contributed by atoms with E-state index < -0.39 is 8.38 Å². The third-order valence-electron chi connectivity index (χ3n) is 6.87. The Morgan fingerprint density at radius 2 is 1.48 bits per heavy atom. The van der Waals surface area contributed by atoms with Crippen molar-refractivity contribution in [2.75, 3.05) is 6.16 Å². The van der Waals surface area contributed by atoms with Crippen molar-refractivity contribution in [3.63, 3.8) is 0 Å². The van der Waals surface area contributed by atoms with Crippen LogP contribution in [-0.4, -0.2) is 17.2 Å². The van der Waals surface area contributed by atoms with Crippen molar-refractivity contribution >= 4 is 8.38 Å². The second-order valence-corrected chi connectivity index (χ2v) is 10.5. The molecule has 3 unspecified atom stereocenters. The average molecular weight is 441 g/mol. The van der Waals surface area contributed by atoms with Gasteiger partial charge in [-0.3, -0.25) is 0 Å². The lowest BCUT2D eigenvalue weighted by Crippen LogP contribution is -2.33. The molecule has 1 fully saturated rings. The molecule has 3 nitrogen and oxygen atoms in total. The van der Waals surface area contributed by atoms with Gasteiger partial charge in [0.1, 0.15) is 11.5 Å². The number of fused-ring (bicyclic) bond motifs is 2. The Morgan fingerprint density at radius 1 is 0.871 bits per heavy atom. The van der Waals surface area contributed by atoms with Crippen molar-refractivity contribution in [2.24, 2.45) is 5.92 Å². The predicted octanol–water partition coefficient (Wildman–Crippen LogP) is 8.16. The highest BCUT2D eigenvalue weighted by atomic mass is 31.2. The summed E-state index contributed by atoms with van der Waals surface area (Å²) in [5.74, 6) is 2.58. The van der Waals surface area contributed by atoms with Crippen LogP contribution >= 0.6 is 8.38 Å². The summed E-state index contributed by atoms with van der Waals surface area (Å²) in [7, 11) is -1.34. The Bertz CT molecular complexity index is 778. The monoisotopic (exact) mass is 440 g/mol. The first-order chi connectivity index (χ1) is 15.3. The van der Waals surface area contributed by atoms with Crippen molar-refractivity contribution in [1.82, 2.24) is 0 Å². The van der Waals surface area contributed by atoms with E-state index in [1.165, 1.54) is 56.1 Å². The molecule has 0 aromatic heterocycles. The molecule has 4 rings (SSSR count). The summed E-state index contributed by atoms with van der Waals surface area (Å²) >= 11 is 0. The lowest BCUT2D eigenvalue weighted by molar-refractivity contribution is 0.0829. The molecule has 31 heavy (non-hydrogen) atoms. The van der Waals surface area contributed by atoms with E-state index in [1.807, 2.05) is 12.1 Å². The first-order valence-corrected chi connectivity index (χ1v) is 13.7. The van der Waals surface area contributed by atoms with Crippen LogP contribution in [0.3, 0.4) is 0 Å². The fraction of sp³-hybridized carbons (Fsp3) is 0.556. The third kappa shape index (κ3) is 5.69. The highest BCUT2D eigenvalue weighted by Gasteiger charge is 2.39. The van der Waals surface area contributed by atoms with Gasteiger partial charge in [-0.25, -0.2) is 0 Å². The molecule has 1 saturated carbocycles. The summed E-state index contributed by atoms with van der Waals surface area (Å²) in [4.78, 5) is 10.7. The quantitative estimate of drug-likeness (QED) is 0.299. The summed E-state index contributed by atoms with van der Waals surface area (Å²) in [6, 6.07) is 16.9. The first-order valence-electron chi connectivity index (χ1n) is 12.3. The van der Waals surface area contributed by atoms with Gasteiger partial charge in [-0.1, -0.05) is 88.3 Å². The van der Waals surface area contributed by atoms with Gasteiger partial charge in [-0.2, -0.15) is 0 Å². The Kier molecular flexibility index (Phi) is 8.41. The molecule has 4 heteroatoms. The van der Waals surface area contributed by atoms with Crippen LogP contribution in [0.2, 0.25) is 0 Å². The number of benzene rings is 2. The fourth-order valence-corrected chi connectivity index (χ4v) is 6.46. The predicted molar refractivity (Wildman–Crippen MR) is 129 cm³/mol. The maximum atomic E-state index is 10.7. The van der Waals surface area contributed by atoms with E-state index in [9.17, 15) is 4.89 Å². The van der Waals surface area contributed by atoms with Crippen LogP contribution in [0.4, 0.5) is 0 Å². The molecule has 0 radical (unpaired) electrons. The highest BCUT2D eigenvalue weighted by Crippen LogP contribution is 2.52. The fourth-order valence-electron chi connectivity index (χ4n) is 5.28. The second kappa shape index (κ2) is 11.5. The number of hydrogen-bond acceptors (Lipinski definition) is 3. The van der Waals surface area contributed by atoms with E-state index in [0.29, 0.717) is 5.92 Å². The summed E-state index contributed by atoms with van der Waals surface area (Å²) in [5.41, 5.74) is 2.53. The summed E-state index contributed by atoms with van der Waals surface area (Å²) in [5, 5.41) is 0. The van der Waals surface area contributed by atoms with Crippen molar-refractivity contribution in [1.29, 1.82) is 0 Å². The third-order valence-corrected chi connectivity index (χ3v) is 8.08. The molecule has 1 aliphatic heterocycles. The van der Waals surface area contributed by atoms with Gasteiger partial charge in [0.25, 0.3) is 0 Å². The smallest absolute Gasteiger partial charge is 0.167 e. The average Bonchev–Trinajstić information content (AvgIpc) is 2.80. The maximum absolute atomic E-state index is 10.7. The molecule has 2 aromatic rings. The van der Waals surface area contributed by atoms with Crippen molar-refractivity contribution < 1.29 is 14.2 Å². The van der Waals surface area contributed by atoms with Gasteiger partial charge in [-0.05, 0) is 37.3 Å². The standard InChI is InChI=1S/C27H37O3P/c1-2-3-4-5-6-13-20-31(28)30-26-19-12-9-16-23(26)27-21-14-7-10-17-24(21)29-25-18-11-8-15-22(25)27/h7-8,10-11,14-15,17-18,23,26-28H,2-6,9,12-13,16,19-20H2,1H3. The van der Waals surface area contributed by atoms with Crippen LogP contribution in [-0.2, 0) is 4.52 Å². The molecule has 0 bridgehead atoms.